The van der Waals surface area contributed by atoms with Gasteiger partial charge in [0.2, 0.25) is 17.7 Å². The Balaban J connectivity index is 2.76. The molecule has 1 aliphatic rings. The van der Waals surface area contributed by atoms with Crippen molar-refractivity contribution in [2.45, 2.75) is 110 Å². The number of rotatable bonds is 24. The summed E-state index contributed by atoms with van der Waals surface area (Å²) < 4.78 is 15.3. The average Bonchev–Trinajstić information content (AvgIpc) is 3.13. The highest BCUT2D eigenvalue weighted by Gasteiger charge is 2.39. The summed E-state index contributed by atoms with van der Waals surface area (Å²) in [6.07, 6.45) is 13.7. The lowest BCUT2D eigenvalue weighted by Gasteiger charge is -2.32. The quantitative estimate of drug-likeness (QED) is 0.0420. The van der Waals surface area contributed by atoms with Crippen molar-refractivity contribution in [1.29, 1.82) is 0 Å². The molecule has 3 amide bonds. The Bertz CT molecular complexity index is 1320. The smallest absolute Gasteiger partial charge is 0.330 e. The minimum Gasteiger partial charge on any atom is -0.464 e. The van der Waals surface area contributed by atoms with Crippen molar-refractivity contribution in [2.75, 3.05) is 32.8 Å². The van der Waals surface area contributed by atoms with E-state index in [0.29, 0.717) is 0 Å². The SMILES string of the molecule is C=C=C=C=C=C=C=COC(=O)CNC(=O)C1C[C@@H](C(=O)NCC(=O)OCCCCCCCC)C[C@@H](C(=O)NCC(=O)OCCCCCCCC)C1. The molecule has 1 unspecified atom stereocenters. The number of carbonyl (C=O) groups is 6. The molecule has 1 saturated carbocycles. The molecule has 0 saturated heterocycles. The highest BCUT2D eigenvalue weighted by Crippen LogP contribution is 2.34. The number of amides is 3. The van der Waals surface area contributed by atoms with E-state index >= 15 is 0 Å². The van der Waals surface area contributed by atoms with E-state index in [1.807, 2.05) is 0 Å². The van der Waals surface area contributed by atoms with Gasteiger partial charge in [-0.1, -0.05) is 83.8 Å². The van der Waals surface area contributed by atoms with Gasteiger partial charge in [0.1, 0.15) is 25.9 Å². The number of carbonyl (C=O) groups excluding carboxylic acids is 6. The van der Waals surface area contributed by atoms with Crippen LogP contribution in [0.5, 0.6) is 0 Å². The summed E-state index contributed by atoms with van der Waals surface area (Å²) >= 11 is 0. The molecule has 1 aliphatic carbocycles. The van der Waals surface area contributed by atoms with E-state index in [-0.39, 0.29) is 45.6 Å². The maximum Gasteiger partial charge on any atom is 0.330 e. The van der Waals surface area contributed by atoms with Crippen molar-refractivity contribution < 1.29 is 43.0 Å². The molecule has 12 heteroatoms. The van der Waals surface area contributed by atoms with Gasteiger partial charge >= 0.3 is 17.9 Å². The normalized spacial score (nSPS) is 15.8. The van der Waals surface area contributed by atoms with Crippen molar-refractivity contribution in [3.05, 3.63) is 47.2 Å². The second-order valence-corrected chi connectivity index (χ2v) is 12.4. The Morgan fingerprint density at radius 1 is 0.569 bits per heavy atom. The molecule has 280 valence electrons. The summed E-state index contributed by atoms with van der Waals surface area (Å²) in [6, 6.07) is 0. The van der Waals surface area contributed by atoms with Crippen LogP contribution in [0.2, 0.25) is 0 Å². The van der Waals surface area contributed by atoms with Gasteiger partial charge in [0.15, 0.2) is 0 Å². The number of nitrogens with one attached hydrogen (secondary N) is 3. The number of esters is 3. The zero-order chi connectivity index (χ0) is 37.5. The van der Waals surface area contributed by atoms with Gasteiger partial charge in [0, 0.05) is 17.8 Å². The van der Waals surface area contributed by atoms with Crippen LogP contribution in [0.3, 0.4) is 0 Å². The summed E-state index contributed by atoms with van der Waals surface area (Å²) in [6.45, 7) is 6.96. The summed E-state index contributed by atoms with van der Waals surface area (Å²) in [5.74, 6) is -5.89. The van der Waals surface area contributed by atoms with Gasteiger partial charge in [0.25, 0.3) is 0 Å². The largest absolute Gasteiger partial charge is 0.464 e. The van der Waals surface area contributed by atoms with Crippen LogP contribution < -0.4 is 16.0 Å². The van der Waals surface area contributed by atoms with Crippen LogP contribution in [-0.2, 0) is 43.0 Å². The van der Waals surface area contributed by atoms with Gasteiger partial charge in [-0.3, -0.25) is 24.0 Å². The van der Waals surface area contributed by atoms with Gasteiger partial charge in [-0.25, -0.2) is 4.79 Å². The van der Waals surface area contributed by atoms with Crippen molar-refractivity contribution >= 4 is 35.6 Å². The first-order valence-electron chi connectivity index (χ1n) is 18.1. The molecule has 0 spiro atoms. The molecular weight excluding hydrogens is 654 g/mol. The van der Waals surface area contributed by atoms with Crippen molar-refractivity contribution in [3.8, 4) is 0 Å². The zero-order valence-electron chi connectivity index (χ0n) is 30.3. The molecule has 0 aromatic rings. The van der Waals surface area contributed by atoms with Crippen molar-refractivity contribution in [3.63, 3.8) is 0 Å². The van der Waals surface area contributed by atoms with Crippen LogP contribution in [0.1, 0.15) is 110 Å². The van der Waals surface area contributed by atoms with Crippen LogP contribution in [0.15, 0.2) is 47.2 Å². The second kappa shape index (κ2) is 29.0. The highest BCUT2D eigenvalue weighted by atomic mass is 16.5. The van der Waals surface area contributed by atoms with E-state index in [2.05, 4.69) is 70.8 Å². The first kappa shape index (κ1) is 44.3. The molecule has 0 radical (unpaired) electrons. The molecule has 0 aliphatic heterocycles. The molecular formula is C39H55N3O9. The van der Waals surface area contributed by atoms with E-state index in [9.17, 15) is 28.8 Å². The zero-order valence-corrected chi connectivity index (χ0v) is 30.3. The lowest BCUT2D eigenvalue weighted by Crippen LogP contribution is -2.46. The lowest BCUT2D eigenvalue weighted by molar-refractivity contribution is -0.146. The number of ether oxygens (including phenoxy) is 3. The summed E-state index contributed by atoms with van der Waals surface area (Å²) in [5, 5.41) is 7.62. The standard InChI is InChI=1S/C39H55N3O9/c1-4-7-10-13-16-19-22-49-34(43)28-40-37(46)31-25-32(38(47)41-29-35(44)50-23-20-17-14-11-8-5-2)27-33(26-31)39(48)42-30-36(45)51-24-21-18-15-12-9-6-3/h22,31-33H,1,5-6,8-9,11-12,14-15,17-18,20-21,23-30H2,2-3H3,(H,40,46)(H,41,47)(H,42,48)/t31?,32-,33+. The maximum absolute atomic E-state index is 13.1. The third kappa shape index (κ3) is 22.6. The van der Waals surface area contributed by atoms with Crippen molar-refractivity contribution in [2.24, 2.45) is 17.8 Å². The van der Waals surface area contributed by atoms with E-state index in [1.54, 1.807) is 0 Å². The van der Waals surface area contributed by atoms with Gasteiger partial charge in [0.05, 0.1) is 13.2 Å². The van der Waals surface area contributed by atoms with Crippen LogP contribution in [0.25, 0.3) is 0 Å². The Hall–Kier alpha value is -4.76. The predicted molar refractivity (Wildman–Crippen MR) is 189 cm³/mol. The molecule has 1 fully saturated rings. The monoisotopic (exact) mass is 709 g/mol. The Labute approximate surface area is 302 Å². The molecule has 12 nitrogen and oxygen atoms in total. The van der Waals surface area contributed by atoms with E-state index in [1.165, 1.54) is 12.8 Å². The first-order valence-corrected chi connectivity index (χ1v) is 18.1. The Kier molecular flexibility index (Phi) is 25.2. The van der Waals surface area contributed by atoms with Gasteiger partial charge in [-0.15, -0.1) is 0 Å². The minimum atomic E-state index is -0.814. The van der Waals surface area contributed by atoms with Gasteiger partial charge in [-0.05, 0) is 67.3 Å². The number of hydrogen-bond acceptors (Lipinski definition) is 9. The molecule has 1 rings (SSSR count). The fourth-order valence-corrected chi connectivity index (χ4v) is 5.42. The minimum absolute atomic E-state index is 0.0794. The highest BCUT2D eigenvalue weighted by molar-refractivity contribution is 5.89. The second-order valence-electron chi connectivity index (χ2n) is 12.4. The third-order valence-corrected chi connectivity index (χ3v) is 8.16. The molecule has 51 heavy (non-hydrogen) atoms. The van der Waals surface area contributed by atoms with Crippen LogP contribution in [-0.4, -0.2) is 68.5 Å². The number of unbranched alkanes of at least 4 members (excludes halogenated alkanes) is 10. The molecule has 0 bridgehead atoms. The Morgan fingerprint density at radius 2 is 0.961 bits per heavy atom. The maximum atomic E-state index is 13.1. The van der Waals surface area contributed by atoms with Crippen LogP contribution in [0.4, 0.5) is 0 Å². The van der Waals surface area contributed by atoms with Gasteiger partial charge < -0.3 is 30.2 Å². The fraction of sp³-hybridized carbons (Fsp3) is 0.641. The molecule has 0 aromatic heterocycles. The van der Waals surface area contributed by atoms with E-state index < -0.39 is 59.9 Å². The summed E-state index contributed by atoms with van der Waals surface area (Å²) in [5.41, 5.74) is 14.4. The van der Waals surface area contributed by atoms with Crippen molar-refractivity contribution in [1.82, 2.24) is 16.0 Å². The van der Waals surface area contributed by atoms with Crippen LogP contribution in [0, 0.1) is 17.8 Å². The number of hydrogen-bond donors (Lipinski definition) is 3. The predicted octanol–water partition coefficient (Wildman–Crippen LogP) is 4.79. The van der Waals surface area contributed by atoms with Gasteiger partial charge in [-0.2, -0.15) is 0 Å². The molecule has 3 N–H and O–H groups in total. The van der Waals surface area contributed by atoms with E-state index in [0.717, 1.165) is 70.5 Å². The lowest BCUT2D eigenvalue weighted by atomic mass is 9.74. The van der Waals surface area contributed by atoms with E-state index in [4.69, 9.17) is 14.2 Å². The molecule has 0 aromatic carbocycles. The third-order valence-electron chi connectivity index (χ3n) is 8.16. The van der Waals surface area contributed by atoms with Crippen LogP contribution >= 0.6 is 0 Å². The Morgan fingerprint density at radius 3 is 1.39 bits per heavy atom. The summed E-state index contributed by atoms with van der Waals surface area (Å²) in [4.78, 5) is 76.0. The molecule has 0 heterocycles. The fourth-order valence-electron chi connectivity index (χ4n) is 5.42. The topological polar surface area (TPSA) is 166 Å². The first-order chi connectivity index (χ1) is 24.7. The summed E-state index contributed by atoms with van der Waals surface area (Å²) in [7, 11) is 0. The molecule has 3 atom stereocenters. The average molecular weight is 710 g/mol.